The van der Waals surface area contributed by atoms with E-state index < -0.39 is 23.1 Å². The summed E-state index contributed by atoms with van der Waals surface area (Å²) in [5.74, 6) is 0.758. The fraction of sp³-hybridized carbons (Fsp3) is 1.00. The van der Waals surface area contributed by atoms with Gasteiger partial charge in [-0.3, -0.25) is 0 Å². The Balaban J connectivity index is -0.000000136. The lowest BCUT2D eigenvalue weighted by atomic mass is 9.98. The topological polar surface area (TPSA) is 534 Å². The van der Waals surface area contributed by atoms with E-state index in [0.29, 0.717) is 169 Å². The van der Waals surface area contributed by atoms with Crippen molar-refractivity contribution in [3.63, 3.8) is 0 Å². The standard InChI is InChI=1S/C12H27NO2.2C11H25NO2.3C10H23NO2.2C9H21NO2.2C8H19NO2.C7H17NO2.C6H15NO2/c1-10(2,3)8-14-12(6,7)15-9-11(4,5)13;1-9(13-7-10(2,3)4)14-8-11(5,6)12;1-5-9(3)7-13-10(4)14-8-11(12)6-2;1-8(2)6-12-10(4,5)13-7-9(3)11;1-6-8(2)12-10(4,5)13-9(3)7-11;1-4-9(3)6-12-8-13-7-10(11)5-2;1-7(2)5-11-9(4)12-6-8(3)10;1-5-7(2)11-9(4)12-8(3)6-10;1-7(2)4-10-6-11-5-8(3)9;1-4-6-10-8(2,3)11-7-5-9;1-3-5-9-7(2)10-6-4-8;1-2-4-8-6-9-5-3-7/h8-9,13H2,1-7H3;9H,7-8,12H2,1-6H3;9-11H,5-8,12H2,1-4H3;2*8-9H,6-7,11H2,1-5H3;9-10H,4-8,11H2,1-3H3;2*7-9H,5-6,10H2,1-4H3;7-8H,4-6,9H2,1-3H3;4-7,9H2,1-3H3;7H,3-6,8H2,1-2H3;2-7H2,1H3. The number of hydrogen-bond acceptors (Lipinski definition) is 36. The van der Waals surface area contributed by atoms with Gasteiger partial charge in [0, 0.05) is 93.8 Å². The lowest BCUT2D eigenvalue weighted by Crippen LogP contribution is -2.42. The summed E-state index contributed by atoms with van der Waals surface area (Å²) in [6, 6.07) is 0.506. The molecule has 0 fully saturated rings. The van der Waals surface area contributed by atoms with Gasteiger partial charge in [-0.1, -0.05) is 172 Å². The Morgan fingerprint density at radius 3 is 1.00 bits per heavy atom. The maximum atomic E-state index is 5.84. The van der Waals surface area contributed by atoms with Crippen LogP contribution >= 0.6 is 0 Å². The zero-order valence-corrected chi connectivity index (χ0v) is 105. The van der Waals surface area contributed by atoms with Gasteiger partial charge in [0.25, 0.3) is 0 Å². The molecule has 0 rings (SSSR count). The van der Waals surface area contributed by atoms with Gasteiger partial charge in [0.15, 0.2) is 54.6 Å². The van der Waals surface area contributed by atoms with Crippen molar-refractivity contribution in [1.82, 2.24) is 0 Å². The smallest absolute Gasteiger partial charge is 0.163 e. The number of hydrogen-bond donors (Lipinski definition) is 12. The Hall–Kier alpha value is -1.44. The summed E-state index contributed by atoms with van der Waals surface area (Å²) in [6.45, 7) is 112. The quantitative estimate of drug-likeness (QED) is 0.0199. The molecule has 0 aromatic rings. The van der Waals surface area contributed by atoms with Crippen LogP contribution in [0.25, 0.3) is 0 Å². The highest BCUT2D eigenvalue weighted by Gasteiger charge is 2.28. The monoisotopic (exact) mass is 2140 g/mol. The minimum Gasteiger partial charge on any atom is -0.355 e. The fourth-order valence-electron chi connectivity index (χ4n) is 8.74. The van der Waals surface area contributed by atoms with Gasteiger partial charge >= 0.3 is 0 Å². The molecule has 24 N–H and O–H groups in total. The molecule has 0 aromatic carbocycles. The fourth-order valence-corrected chi connectivity index (χ4v) is 8.74. The molecule has 0 saturated carbocycles. The van der Waals surface area contributed by atoms with Gasteiger partial charge in [-0.05, 0) is 252 Å². The van der Waals surface area contributed by atoms with Crippen LogP contribution in [0.1, 0.15) is 383 Å². The van der Waals surface area contributed by atoms with Crippen LogP contribution in [0.15, 0.2) is 0 Å². The molecule has 36 nitrogen and oxygen atoms in total. The Bertz CT molecular complexity index is 2380. The Morgan fingerprint density at radius 2 is 0.578 bits per heavy atom. The van der Waals surface area contributed by atoms with Crippen LogP contribution in [-0.4, -0.2) is 306 Å². The van der Waals surface area contributed by atoms with E-state index >= 15 is 0 Å². The van der Waals surface area contributed by atoms with Crippen molar-refractivity contribution in [3.8, 4) is 0 Å². The molecule has 0 spiro atoms. The van der Waals surface area contributed by atoms with Crippen LogP contribution in [-0.2, 0) is 114 Å². The van der Waals surface area contributed by atoms with Crippen LogP contribution in [0.2, 0.25) is 0 Å². The summed E-state index contributed by atoms with van der Waals surface area (Å²) >= 11 is 0. The third-order valence-electron chi connectivity index (χ3n) is 18.0. The second-order valence-electron chi connectivity index (χ2n) is 44.7. The van der Waals surface area contributed by atoms with Crippen LogP contribution in [0.3, 0.4) is 0 Å². The largest absolute Gasteiger partial charge is 0.355 e. The van der Waals surface area contributed by atoms with E-state index in [0.717, 1.165) is 104 Å². The normalized spacial score (nSPS) is 15.2. The Labute approximate surface area is 907 Å². The molecule has 0 aliphatic heterocycles. The summed E-state index contributed by atoms with van der Waals surface area (Å²) < 4.78 is 129. The van der Waals surface area contributed by atoms with Crippen molar-refractivity contribution in [2.45, 2.75) is 504 Å². The molecule has 16 atom stereocenters. The van der Waals surface area contributed by atoms with Gasteiger partial charge < -0.3 is 182 Å². The average molecular weight is 2150 g/mol. The van der Waals surface area contributed by atoms with Crippen molar-refractivity contribution in [2.75, 3.05) is 185 Å². The van der Waals surface area contributed by atoms with E-state index in [-0.39, 0.29) is 108 Å². The second kappa shape index (κ2) is 110. The van der Waals surface area contributed by atoms with Crippen molar-refractivity contribution >= 4 is 0 Å². The minimum absolute atomic E-state index is 0.0408. The maximum absolute atomic E-state index is 5.84. The first kappa shape index (κ1) is 171. The SMILES string of the molecule is CC(C)(C)COC(C)(C)OCC(C)(C)N.CC(C)COC(C)(C)OCC(C)N.CC(C)COC(C)OCC(C)N.CC(C)COCOCC(C)N.CC(OCC(C)(C)C)OCC(C)(C)N.CCC(C)COC(C)OCC(N)CC.CCC(C)COCOCC(N)CC.CCC(C)OC(C)(C)OC(C)CN.CCC(C)OC(C)OC(C)CN.CCCOC(C)(C)OCCN.CCCOC(C)OCCN.CCCOCOCCN. The number of ether oxygens (including phenoxy) is 24. The number of rotatable bonds is 74. The van der Waals surface area contributed by atoms with Gasteiger partial charge in [0.05, 0.1) is 137 Å². The van der Waals surface area contributed by atoms with Gasteiger partial charge in [-0.25, -0.2) is 0 Å². The molecule has 906 valence electrons. The molecule has 16 unspecified atom stereocenters. The van der Waals surface area contributed by atoms with E-state index in [1.807, 2.05) is 173 Å². The second-order valence-corrected chi connectivity index (χ2v) is 44.7. The zero-order chi connectivity index (χ0) is 117. The molecule has 0 saturated heterocycles. The first-order valence-electron chi connectivity index (χ1n) is 55.4. The molecule has 147 heavy (non-hydrogen) atoms. The zero-order valence-electron chi connectivity index (χ0n) is 105. The molecular weight excluding hydrogens is 1890 g/mol. The molecular formula is C111H258N12O24. The summed E-state index contributed by atoms with van der Waals surface area (Å²) in [4.78, 5) is 0. The first-order valence-corrected chi connectivity index (χ1v) is 55.4. The average Bonchev–Trinajstić information content (AvgIpc) is 0.936. The van der Waals surface area contributed by atoms with Crippen molar-refractivity contribution < 1.29 is 114 Å². The van der Waals surface area contributed by atoms with Gasteiger partial charge in [0.1, 0.15) is 20.4 Å². The molecule has 36 heteroatoms. The summed E-state index contributed by atoms with van der Waals surface area (Å²) in [6.07, 6.45) is 9.11. The van der Waals surface area contributed by atoms with Gasteiger partial charge in [-0.15, -0.1) is 0 Å². The summed E-state index contributed by atoms with van der Waals surface area (Å²) in [5.41, 5.74) is 65.8. The molecule has 0 aliphatic carbocycles. The van der Waals surface area contributed by atoms with E-state index in [1.165, 1.54) is 0 Å². The third kappa shape index (κ3) is 172. The predicted molar refractivity (Wildman–Crippen MR) is 613 cm³/mol. The van der Waals surface area contributed by atoms with E-state index in [4.69, 9.17) is 182 Å². The summed E-state index contributed by atoms with van der Waals surface area (Å²) in [7, 11) is 0. The van der Waals surface area contributed by atoms with Gasteiger partial charge in [0.2, 0.25) is 0 Å². The highest BCUT2D eigenvalue weighted by atomic mass is 16.7. The van der Waals surface area contributed by atoms with Crippen molar-refractivity contribution in [3.05, 3.63) is 0 Å². The van der Waals surface area contributed by atoms with E-state index in [1.54, 1.807) is 0 Å². The van der Waals surface area contributed by atoms with Crippen LogP contribution in [0.5, 0.6) is 0 Å². The molecule has 0 bridgehead atoms. The van der Waals surface area contributed by atoms with E-state index in [2.05, 4.69) is 152 Å². The lowest BCUT2D eigenvalue weighted by molar-refractivity contribution is -0.250. The third-order valence-corrected chi connectivity index (χ3v) is 18.0. The lowest BCUT2D eigenvalue weighted by Gasteiger charge is -2.32. The molecule has 0 aliphatic rings. The molecule has 0 aromatic heterocycles. The minimum atomic E-state index is -0.566. The van der Waals surface area contributed by atoms with Crippen molar-refractivity contribution in [2.24, 2.45) is 109 Å². The molecule has 0 amide bonds. The van der Waals surface area contributed by atoms with E-state index in [9.17, 15) is 0 Å². The Morgan fingerprint density at radius 1 is 0.231 bits per heavy atom. The highest BCUT2D eigenvalue weighted by Crippen LogP contribution is 2.23. The van der Waals surface area contributed by atoms with Crippen LogP contribution in [0.4, 0.5) is 0 Å². The first-order chi connectivity index (χ1) is 67.6. The summed E-state index contributed by atoms with van der Waals surface area (Å²) in [5, 5.41) is 0. The molecule has 0 heterocycles. The molecule has 0 radical (unpaired) electrons. The maximum Gasteiger partial charge on any atom is 0.163 e. The van der Waals surface area contributed by atoms with Crippen molar-refractivity contribution in [1.29, 1.82) is 0 Å². The number of nitrogens with two attached hydrogens (primary N) is 12. The van der Waals surface area contributed by atoms with Crippen LogP contribution < -0.4 is 68.8 Å². The highest BCUT2D eigenvalue weighted by molar-refractivity contribution is 4.74. The predicted octanol–water partition coefficient (Wildman–Crippen LogP) is 18.3. The van der Waals surface area contributed by atoms with Crippen LogP contribution in [0, 0.1) is 40.4 Å². The Kier molecular flexibility index (Phi) is 128. The van der Waals surface area contributed by atoms with Gasteiger partial charge in [-0.2, -0.15) is 0 Å².